The van der Waals surface area contributed by atoms with Crippen LogP contribution in [0.3, 0.4) is 0 Å². The average Bonchev–Trinajstić information content (AvgIpc) is 3.45. The zero-order chi connectivity index (χ0) is 20.0. The van der Waals surface area contributed by atoms with E-state index in [9.17, 15) is 14.0 Å². The van der Waals surface area contributed by atoms with Crippen LogP contribution in [0, 0.1) is 5.82 Å². The molecule has 2 aromatic heterocycles. The van der Waals surface area contributed by atoms with Gasteiger partial charge >= 0.3 is 5.69 Å². The maximum atomic E-state index is 13.4. The molecule has 0 atom stereocenters. The van der Waals surface area contributed by atoms with Gasteiger partial charge < -0.3 is 4.52 Å². The molecule has 146 valence electrons. The third-order valence-electron chi connectivity index (χ3n) is 5.05. The van der Waals surface area contributed by atoms with Crippen LogP contribution in [-0.2, 0) is 13.0 Å². The molecule has 7 nitrogen and oxygen atoms in total. The number of hydrogen-bond acceptors (Lipinski definition) is 5. The average molecular weight is 392 g/mol. The zero-order valence-corrected chi connectivity index (χ0v) is 15.4. The van der Waals surface area contributed by atoms with Gasteiger partial charge in [-0.05, 0) is 42.7 Å². The van der Waals surface area contributed by atoms with Gasteiger partial charge in [0, 0.05) is 12.5 Å². The molecule has 29 heavy (non-hydrogen) atoms. The van der Waals surface area contributed by atoms with E-state index in [1.54, 1.807) is 36.4 Å². The molecular weight excluding hydrogens is 375 g/mol. The standard InChI is InChI=1S/C21H17FN4O3/c22-14-5-3-4-13(10-14)11-18-23-19(29-24-18)12-25-17-7-2-1-6-16(17)20(27)26(21(25)28)15-8-9-15/h1-7,10,15H,8-9,11-12H2. The topological polar surface area (TPSA) is 82.9 Å². The van der Waals surface area contributed by atoms with Crippen molar-refractivity contribution >= 4 is 10.9 Å². The first-order valence-corrected chi connectivity index (χ1v) is 9.40. The Morgan fingerprint density at radius 3 is 2.72 bits per heavy atom. The Hall–Kier alpha value is -3.55. The molecule has 8 heteroatoms. The van der Waals surface area contributed by atoms with Crippen LogP contribution in [0.4, 0.5) is 4.39 Å². The highest BCUT2D eigenvalue weighted by molar-refractivity contribution is 5.77. The molecule has 0 spiro atoms. The quantitative estimate of drug-likeness (QED) is 0.521. The van der Waals surface area contributed by atoms with Crippen LogP contribution < -0.4 is 11.2 Å². The second-order valence-corrected chi connectivity index (χ2v) is 7.20. The van der Waals surface area contributed by atoms with Gasteiger partial charge in [-0.15, -0.1) is 0 Å². The Bertz CT molecular complexity index is 1330. The summed E-state index contributed by atoms with van der Waals surface area (Å²) in [6.07, 6.45) is 1.97. The SMILES string of the molecule is O=c1c2ccccc2n(Cc2nc(Cc3cccc(F)c3)no2)c(=O)n1C1CC1. The van der Waals surface area contributed by atoms with Crippen molar-refractivity contribution in [3.63, 3.8) is 0 Å². The smallest absolute Gasteiger partial charge is 0.332 e. The van der Waals surface area contributed by atoms with Gasteiger partial charge in [0.2, 0.25) is 5.89 Å². The van der Waals surface area contributed by atoms with Crippen LogP contribution in [0.1, 0.15) is 36.2 Å². The molecule has 0 radical (unpaired) electrons. The molecule has 0 N–H and O–H groups in total. The molecule has 1 fully saturated rings. The third kappa shape index (κ3) is 3.26. The Balaban J connectivity index is 1.52. The number of hydrogen-bond donors (Lipinski definition) is 0. The summed E-state index contributed by atoms with van der Waals surface area (Å²) in [5.41, 5.74) is 0.620. The number of para-hydroxylation sites is 1. The van der Waals surface area contributed by atoms with E-state index in [-0.39, 0.29) is 35.5 Å². The number of aromatic nitrogens is 4. The summed E-state index contributed by atoms with van der Waals surface area (Å²) in [5.74, 6) is 0.328. The van der Waals surface area contributed by atoms with Gasteiger partial charge in [0.1, 0.15) is 12.4 Å². The predicted octanol–water partition coefficient (Wildman–Crippen LogP) is 2.66. The fourth-order valence-corrected chi connectivity index (χ4v) is 3.54. The number of halogens is 1. The van der Waals surface area contributed by atoms with E-state index in [4.69, 9.17) is 4.52 Å². The van der Waals surface area contributed by atoms with E-state index in [1.165, 1.54) is 21.3 Å². The van der Waals surface area contributed by atoms with Crippen molar-refractivity contribution in [3.8, 4) is 0 Å². The van der Waals surface area contributed by atoms with Crippen molar-refractivity contribution in [1.29, 1.82) is 0 Å². The molecule has 1 aliphatic rings. The first-order chi connectivity index (χ1) is 14.1. The van der Waals surface area contributed by atoms with Gasteiger partial charge in [0.05, 0.1) is 10.9 Å². The molecule has 2 aromatic carbocycles. The summed E-state index contributed by atoms with van der Waals surface area (Å²) in [4.78, 5) is 30.1. The highest BCUT2D eigenvalue weighted by atomic mass is 19.1. The second kappa shape index (κ2) is 6.80. The highest BCUT2D eigenvalue weighted by Crippen LogP contribution is 2.32. The van der Waals surface area contributed by atoms with Gasteiger partial charge in [0.25, 0.3) is 5.56 Å². The van der Waals surface area contributed by atoms with E-state index in [0.717, 1.165) is 18.4 Å². The number of fused-ring (bicyclic) bond motifs is 1. The van der Waals surface area contributed by atoms with E-state index in [1.807, 2.05) is 0 Å². The van der Waals surface area contributed by atoms with E-state index in [2.05, 4.69) is 10.1 Å². The van der Waals surface area contributed by atoms with Crippen LogP contribution in [0.15, 0.2) is 62.6 Å². The van der Waals surface area contributed by atoms with E-state index < -0.39 is 0 Å². The fourth-order valence-electron chi connectivity index (χ4n) is 3.54. The van der Waals surface area contributed by atoms with E-state index in [0.29, 0.717) is 23.1 Å². The van der Waals surface area contributed by atoms with E-state index >= 15 is 0 Å². The lowest BCUT2D eigenvalue weighted by molar-refractivity contribution is 0.364. The molecule has 0 aliphatic heterocycles. The summed E-state index contributed by atoms with van der Waals surface area (Å²) >= 11 is 0. The van der Waals surface area contributed by atoms with Crippen molar-refractivity contribution in [1.82, 2.24) is 19.3 Å². The summed E-state index contributed by atoms with van der Waals surface area (Å²) < 4.78 is 21.5. The van der Waals surface area contributed by atoms with Crippen LogP contribution in [0.5, 0.6) is 0 Å². The Morgan fingerprint density at radius 2 is 1.93 bits per heavy atom. The lowest BCUT2D eigenvalue weighted by Crippen LogP contribution is -2.39. The molecule has 4 aromatic rings. The number of benzene rings is 2. The van der Waals surface area contributed by atoms with Crippen LogP contribution >= 0.6 is 0 Å². The lowest BCUT2D eigenvalue weighted by Gasteiger charge is -2.12. The maximum absolute atomic E-state index is 13.4. The Labute approximate surface area is 164 Å². The monoisotopic (exact) mass is 392 g/mol. The summed E-state index contributed by atoms with van der Waals surface area (Å²) in [6.45, 7) is 0.0580. The van der Waals surface area contributed by atoms with Gasteiger partial charge in [-0.3, -0.25) is 13.9 Å². The van der Waals surface area contributed by atoms with Gasteiger partial charge in [-0.25, -0.2) is 9.18 Å². The van der Waals surface area contributed by atoms with Crippen LogP contribution in [-0.4, -0.2) is 19.3 Å². The van der Waals surface area contributed by atoms with Gasteiger partial charge in [-0.2, -0.15) is 4.98 Å². The predicted molar refractivity (Wildman–Crippen MR) is 103 cm³/mol. The third-order valence-corrected chi connectivity index (χ3v) is 5.05. The zero-order valence-electron chi connectivity index (χ0n) is 15.4. The molecular formula is C21H17FN4O3. The molecule has 2 heterocycles. The minimum absolute atomic E-state index is 0.0444. The molecule has 0 saturated heterocycles. The first-order valence-electron chi connectivity index (χ1n) is 9.40. The summed E-state index contributed by atoms with van der Waals surface area (Å²) in [5, 5.41) is 4.43. The molecule has 0 unspecified atom stereocenters. The largest absolute Gasteiger partial charge is 0.337 e. The molecule has 1 saturated carbocycles. The Morgan fingerprint density at radius 1 is 1.10 bits per heavy atom. The lowest BCUT2D eigenvalue weighted by atomic mass is 10.1. The van der Waals surface area contributed by atoms with Crippen LogP contribution in [0.25, 0.3) is 10.9 Å². The van der Waals surface area contributed by atoms with Crippen LogP contribution in [0.2, 0.25) is 0 Å². The van der Waals surface area contributed by atoms with Crippen molar-refractivity contribution in [2.75, 3.05) is 0 Å². The normalized spacial score (nSPS) is 13.8. The number of nitrogens with zero attached hydrogens (tertiary/aromatic N) is 4. The molecule has 1 aliphatic carbocycles. The summed E-state index contributed by atoms with van der Waals surface area (Å²) in [7, 11) is 0. The van der Waals surface area contributed by atoms with Gasteiger partial charge in [-0.1, -0.05) is 29.4 Å². The second-order valence-electron chi connectivity index (χ2n) is 7.20. The fraction of sp³-hybridized carbons (Fsp3) is 0.238. The minimum atomic E-state index is -0.374. The van der Waals surface area contributed by atoms with Crippen molar-refractivity contribution in [2.45, 2.75) is 31.8 Å². The number of rotatable bonds is 5. The van der Waals surface area contributed by atoms with Crippen molar-refractivity contribution in [3.05, 3.63) is 92.5 Å². The Kier molecular flexibility index (Phi) is 4.12. The molecule has 0 amide bonds. The molecule has 0 bridgehead atoms. The summed E-state index contributed by atoms with van der Waals surface area (Å²) in [6, 6.07) is 13.2. The van der Waals surface area contributed by atoms with Gasteiger partial charge in [0.15, 0.2) is 5.82 Å². The van der Waals surface area contributed by atoms with Crippen molar-refractivity contribution < 1.29 is 8.91 Å². The maximum Gasteiger partial charge on any atom is 0.332 e. The van der Waals surface area contributed by atoms with Crippen molar-refractivity contribution in [2.24, 2.45) is 0 Å². The highest BCUT2D eigenvalue weighted by Gasteiger charge is 2.29. The first kappa shape index (κ1) is 17.5. The minimum Gasteiger partial charge on any atom is -0.337 e. The molecule has 5 rings (SSSR count).